The molecule has 7 nitrogen and oxygen atoms in total. The Morgan fingerprint density at radius 1 is 0.935 bits per heavy atom. The highest BCUT2D eigenvalue weighted by atomic mass is 35.5. The molecular weight excluding hydrogens is 461 g/mol. The SMILES string of the molecule is Cn1c(NCc2ccccc2Cl)nc2c1c(=O)n(Cc1ccc(Cl)c(Cl)c1)c(=O)n2C. The first-order valence-electron chi connectivity index (χ1n) is 9.35. The van der Waals surface area contributed by atoms with Gasteiger partial charge in [-0.25, -0.2) is 4.79 Å². The van der Waals surface area contributed by atoms with Crippen LogP contribution < -0.4 is 16.6 Å². The van der Waals surface area contributed by atoms with Crippen molar-refractivity contribution in [2.75, 3.05) is 5.32 Å². The van der Waals surface area contributed by atoms with Crippen LogP contribution in [0.25, 0.3) is 11.2 Å². The second kappa shape index (κ2) is 8.42. The zero-order valence-corrected chi connectivity index (χ0v) is 19.0. The largest absolute Gasteiger partial charge is 0.351 e. The van der Waals surface area contributed by atoms with Gasteiger partial charge in [0.1, 0.15) is 0 Å². The molecule has 0 fully saturated rings. The number of nitrogens with one attached hydrogen (secondary N) is 1. The summed E-state index contributed by atoms with van der Waals surface area (Å²) in [6, 6.07) is 12.4. The van der Waals surface area contributed by atoms with Crippen molar-refractivity contribution in [3.63, 3.8) is 0 Å². The molecule has 0 saturated heterocycles. The number of hydrogen-bond donors (Lipinski definition) is 1. The Morgan fingerprint density at radius 3 is 2.39 bits per heavy atom. The van der Waals surface area contributed by atoms with E-state index in [4.69, 9.17) is 34.8 Å². The molecule has 31 heavy (non-hydrogen) atoms. The van der Waals surface area contributed by atoms with Crippen LogP contribution in [0.5, 0.6) is 0 Å². The number of fused-ring (bicyclic) bond motifs is 1. The number of rotatable bonds is 5. The van der Waals surface area contributed by atoms with E-state index in [1.807, 2.05) is 18.2 Å². The quantitative estimate of drug-likeness (QED) is 0.469. The molecule has 10 heteroatoms. The smallest absolute Gasteiger partial charge is 0.332 e. The molecule has 2 aromatic heterocycles. The standard InChI is InChI=1S/C21H18Cl3N5O2/c1-27-17-18(26-20(27)25-10-13-5-3-4-6-14(13)22)28(2)21(31)29(19(17)30)11-12-7-8-15(23)16(24)9-12/h3-9H,10-11H2,1-2H3,(H,25,26). The zero-order valence-electron chi connectivity index (χ0n) is 16.7. The Labute approximate surface area is 192 Å². The minimum Gasteiger partial charge on any atom is -0.351 e. The molecule has 0 unspecified atom stereocenters. The molecule has 0 saturated carbocycles. The van der Waals surface area contributed by atoms with Gasteiger partial charge in [0.2, 0.25) is 5.95 Å². The Balaban J connectivity index is 1.76. The molecule has 0 bridgehead atoms. The maximum atomic E-state index is 13.2. The lowest BCUT2D eigenvalue weighted by Gasteiger charge is -2.10. The average molecular weight is 479 g/mol. The van der Waals surface area contributed by atoms with Crippen LogP contribution in [0, 0.1) is 0 Å². The molecule has 0 amide bonds. The van der Waals surface area contributed by atoms with Crippen molar-refractivity contribution in [2.45, 2.75) is 13.1 Å². The number of anilines is 1. The predicted octanol–water partition coefficient (Wildman–Crippen LogP) is 4.05. The lowest BCUT2D eigenvalue weighted by molar-refractivity contribution is 0.655. The third-order valence-corrected chi connectivity index (χ3v) is 6.19. The minimum absolute atomic E-state index is 0.0614. The summed E-state index contributed by atoms with van der Waals surface area (Å²) in [7, 11) is 3.31. The maximum absolute atomic E-state index is 13.2. The van der Waals surface area contributed by atoms with E-state index in [0.717, 1.165) is 10.1 Å². The number of halogens is 3. The lowest BCUT2D eigenvalue weighted by atomic mass is 10.2. The van der Waals surface area contributed by atoms with Crippen molar-refractivity contribution in [3.05, 3.63) is 89.5 Å². The van der Waals surface area contributed by atoms with E-state index in [2.05, 4.69) is 10.3 Å². The van der Waals surface area contributed by atoms with E-state index < -0.39 is 11.2 Å². The fourth-order valence-corrected chi connectivity index (χ4v) is 3.90. The summed E-state index contributed by atoms with van der Waals surface area (Å²) in [5, 5.41) is 4.58. The minimum atomic E-state index is -0.473. The molecule has 2 aromatic carbocycles. The zero-order chi connectivity index (χ0) is 22.3. The lowest BCUT2D eigenvalue weighted by Crippen LogP contribution is -2.39. The Morgan fingerprint density at radius 2 is 1.68 bits per heavy atom. The molecule has 0 aliphatic rings. The highest BCUT2D eigenvalue weighted by molar-refractivity contribution is 6.42. The monoisotopic (exact) mass is 477 g/mol. The number of benzene rings is 2. The third kappa shape index (κ3) is 3.96. The van der Waals surface area contributed by atoms with E-state index in [-0.39, 0.29) is 6.54 Å². The van der Waals surface area contributed by atoms with E-state index in [9.17, 15) is 9.59 Å². The fraction of sp³-hybridized carbons (Fsp3) is 0.190. The van der Waals surface area contributed by atoms with Crippen LogP contribution >= 0.6 is 34.8 Å². The van der Waals surface area contributed by atoms with Gasteiger partial charge in [0.05, 0.1) is 16.6 Å². The van der Waals surface area contributed by atoms with E-state index in [0.29, 0.717) is 44.3 Å². The first-order valence-corrected chi connectivity index (χ1v) is 10.5. The van der Waals surface area contributed by atoms with Crippen LogP contribution in [0.1, 0.15) is 11.1 Å². The molecular formula is C21H18Cl3N5O2. The Bertz CT molecular complexity index is 1420. The van der Waals surface area contributed by atoms with Gasteiger partial charge in [0, 0.05) is 25.7 Å². The molecule has 4 rings (SSSR count). The molecule has 1 N–H and O–H groups in total. The summed E-state index contributed by atoms with van der Waals surface area (Å²) in [6.45, 7) is 0.480. The summed E-state index contributed by atoms with van der Waals surface area (Å²) in [5.74, 6) is 0.453. The molecule has 0 aliphatic carbocycles. The predicted molar refractivity (Wildman–Crippen MR) is 125 cm³/mol. The van der Waals surface area contributed by atoms with Gasteiger partial charge in [0.25, 0.3) is 5.56 Å². The number of aryl methyl sites for hydroxylation is 2. The second-order valence-corrected chi connectivity index (χ2v) is 8.31. The van der Waals surface area contributed by atoms with Crippen LogP contribution in [0.2, 0.25) is 15.1 Å². The van der Waals surface area contributed by atoms with Gasteiger partial charge in [-0.2, -0.15) is 4.98 Å². The number of nitrogens with zero attached hydrogens (tertiary/aromatic N) is 4. The van der Waals surface area contributed by atoms with Crippen molar-refractivity contribution in [2.24, 2.45) is 14.1 Å². The van der Waals surface area contributed by atoms with Gasteiger partial charge in [-0.1, -0.05) is 59.1 Å². The Hall–Kier alpha value is -2.74. The molecule has 0 spiro atoms. The summed E-state index contributed by atoms with van der Waals surface area (Å²) >= 11 is 18.3. The topological polar surface area (TPSA) is 73.8 Å². The van der Waals surface area contributed by atoms with Gasteiger partial charge in [-0.05, 0) is 29.3 Å². The molecule has 160 valence electrons. The number of aromatic nitrogens is 4. The van der Waals surface area contributed by atoms with Crippen LogP contribution in [0.15, 0.2) is 52.1 Å². The van der Waals surface area contributed by atoms with E-state index in [1.165, 1.54) is 4.57 Å². The maximum Gasteiger partial charge on any atom is 0.332 e. The highest BCUT2D eigenvalue weighted by Crippen LogP contribution is 2.23. The third-order valence-electron chi connectivity index (χ3n) is 5.08. The van der Waals surface area contributed by atoms with Gasteiger partial charge in [-0.3, -0.25) is 13.9 Å². The fourth-order valence-electron chi connectivity index (χ4n) is 3.38. The first-order chi connectivity index (χ1) is 14.8. The van der Waals surface area contributed by atoms with Crippen LogP contribution in [-0.2, 0) is 27.2 Å². The normalized spacial score (nSPS) is 11.3. The number of hydrogen-bond acceptors (Lipinski definition) is 4. The second-order valence-electron chi connectivity index (χ2n) is 7.09. The van der Waals surface area contributed by atoms with Crippen LogP contribution in [0.3, 0.4) is 0 Å². The van der Waals surface area contributed by atoms with Gasteiger partial charge < -0.3 is 9.88 Å². The molecule has 4 aromatic rings. The first kappa shape index (κ1) is 21.5. The van der Waals surface area contributed by atoms with E-state index in [1.54, 1.807) is 42.9 Å². The summed E-state index contributed by atoms with van der Waals surface area (Å²) in [5.41, 5.74) is 1.27. The van der Waals surface area contributed by atoms with Crippen molar-refractivity contribution >= 4 is 51.9 Å². The molecule has 0 aliphatic heterocycles. The number of imidazole rings is 1. The summed E-state index contributed by atoms with van der Waals surface area (Å²) in [6.07, 6.45) is 0. The molecule has 0 atom stereocenters. The van der Waals surface area contributed by atoms with Crippen molar-refractivity contribution < 1.29 is 0 Å². The summed E-state index contributed by atoms with van der Waals surface area (Å²) in [4.78, 5) is 30.6. The van der Waals surface area contributed by atoms with Gasteiger partial charge in [-0.15, -0.1) is 0 Å². The summed E-state index contributed by atoms with van der Waals surface area (Å²) < 4.78 is 4.15. The van der Waals surface area contributed by atoms with Crippen molar-refractivity contribution in [3.8, 4) is 0 Å². The highest BCUT2D eigenvalue weighted by Gasteiger charge is 2.19. The van der Waals surface area contributed by atoms with Gasteiger partial charge in [0.15, 0.2) is 11.2 Å². The van der Waals surface area contributed by atoms with Crippen LogP contribution in [-0.4, -0.2) is 18.7 Å². The van der Waals surface area contributed by atoms with Crippen molar-refractivity contribution in [1.29, 1.82) is 0 Å². The average Bonchev–Trinajstić information content (AvgIpc) is 3.08. The Kier molecular flexibility index (Phi) is 5.83. The van der Waals surface area contributed by atoms with Crippen molar-refractivity contribution in [1.82, 2.24) is 18.7 Å². The van der Waals surface area contributed by atoms with E-state index >= 15 is 0 Å². The molecule has 2 heterocycles. The molecule has 0 radical (unpaired) electrons. The van der Waals surface area contributed by atoms with Crippen LogP contribution in [0.4, 0.5) is 5.95 Å². The van der Waals surface area contributed by atoms with Gasteiger partial charge >= 0.3 is 5.69 Å².